The van der Waals surface area contributed by atoms with Crippen LogP contribution < -0.4 is 5.32 Å². The topological polar surface area (TPSA) is 21.9 Å². The Bertz CT molecular complexity index is 628. The number of rotatable bonds is 2. The predicted molar refractivity (Wildman–Crippen MR) is 90.8 cm³/mol. The number of hydrogen-bond donors (Lipinski definition) is 1. The lowest BCUT2D eigenvalue weighted by atomic mass is 9.84. The van der Waals surface area contributed by atoms with Crippen LogP contribution in [-0.2, 0) is 11.1 Å². The van der Waals surface area contributed by atoms with E-state index in [2.05, 4.69) is 19.2 Å². The van der Waals surface area contributed by atoms with Gasteiger partial charge in [0, 0.05) is 20.1 Å². The SMILES string of the molecule is CC1(c2cc(Cl)cc(Cl)c2)NC1(C)c1cc(Cl)cc(Cl)c1. The molecule has 0 aromatic heterocycles. The molecule has 0 radical (unpaired) electrons. The quantitative estimate of drug-likeness (QED) is 0.648. The van der Waals surface area contributed by atoms with Gasteiger partial charge < -0.3 is 0 Å². The highest BCUT2D eigenvalue weighted by Gasteiger charge is 2.62. The third-order valence-electron chi connectivity index (χ3n) is 4.32. The van der Waals surface area contributed by atoms with Gasteiger partial charge in [0.15, 0.2) is 0 Å². The number of nitrogens with one attached hydrogen (secondary N) is 1. The lowest BCUT2D eigenvalue weighted by Crippen LogP contribution is -2.16. The highest BCUT2D eigenvalue weighted by Crippen LogP contribution is 2.55. The van der Waals surface area contributed by atoms with Crippen molar-refractivity contribution in [1.82, 2.24) is 5.32 Å². The Labute approximate surface area is 144 Å². The molecule has 1 aliphatic rings. The van der Waals surface area contributed by atoms with Crippen LogP contribution in [0, 0.1) is 0 Å². The number of halogens is 4. The lowest BCUT2D eigenvalue weighted by molar-refractivity contribution is 0.620. The molecule has 0 spiro atoms. The minimum Gasteiger partial charge on any atom is -0.295 e. The zero-order valence-corrected chi connectivity index (χ0v) is 14.5. The average molecular weight is 361 g/mol. The number of hydrogen-bond acceptors (Lipinski definition) is 1. The van der Waals surface area contributed by atoms with Crippen LogP contribution in [-0.4, -0.2) is 0 Å². The normalized spacial score (nSPS) is 27.7. The third kappa shape index (κ3) is 2.56. The van der Waals surface area contributed by atoms with E-state index in [9.17, 15) is 0 Å². The molecule has 1 aliphatic heterocycles. The second-order valence-electron chi connectivity index (χ2n) is 5.69. The Morgan fingerprint density at radius 3 is 1.19 bits per heavy atom. The summed E-state index contributed by atoms with van der Waals surface area (Å²) in [7, 11) is 0. The highest BCUT2D eigenvalue weighted by atomic mass is 35.5. The molecule has 0 amide bonds. The van der Waals surface area contributed by atoms with Gasteiger partial charge >= 0.3 is 0 Å². The largest absolute Gasteiger partial charge is 0.295 e. The molecule has 21 heavy (non-hydrogen) atoms. The van der Waals surface area contributed by atoms with Crippen LogP contribution in [0.3, 0.4) is 0 Å². The Balaban J connectivity index is 2.06. The fourth-order valence-electron chi connectivity index (χ4n) is 2.88. The number of benzene rings is 2. The van der Waals surface area contributed by atoms with Crippen LogP contribution in [0.2, 0.25) is 20.1 Å². The van der Waals surface area contributed by atoms with E-state index in [-0.39, 0.29) is 11.1 Å². The first kappa shape index (κ1) is 15.5. The first-order valence-corrected chi connectivity index (χ1v) is 7.98. The maximum absolute atomic E-state index is 6.12. The van der Waals surface area contributed by atoms with Gasteiger partial charge in [0.2, 0.25) is 0 Å². The third-order valence-corrected chi connectivity index (χ3v) is 5.19. The van der Waals surface area contributed by atoms with Crippen LogP contribution in [0.4, 0.5) is 0 Å². The van der Waals surface area contributed by atoms with Gasteiger partial charge in [0.25, 0.3) is 0 Å². The van der Waals surface area contributed by atoms with Crippen molar-refractivity contribution in [2.45, 2.75) is 24.9 Å². The van der Waals surface area contributed by atoms with Gasteiger partial charge in [-0.05, 0) is 61.4 Å². The van der Waals surface area contributed by atoms with Gasteiger partial charge in [-0.2, -0.15) is 0 Å². The van der Waals surface area contributed by atoms with Crippen molar-refractivity contribution < 1.29 is 0 Å². The molecule has 2 aromatic rings. The maximum atomic E-state index is 6.12. The van der Waals surface area contributed by atoms with Crippen molar-refractivity contribution in [3.05, 3.63) is 67.6 Å². The van der Waals surface area contributed by atoms with E-state index < -0.39 is 0 Å². The van der Waals surface area contributed by atoms with E-state index in [0.717, 1.165) is 11.1 Å². The molecule has 110 valence electrons. The fraction of sp³-hybridized carbons (Fsp3) is 0.250. The van der Waals surface area contributed by atoms with E-state index in [1.165, 1.54) is 0 Å². The predicted octanol–water partition coefficient (Wildman–Crippen LogP) is 6.03. The lowest BCUT2D eigenvalue weighted by Gasteiger charge is -2.18. The summed E-state index contributed by atoms with van der Waals surface area (Å²) in [5, 5.41) is 6.02. The summed E-state index contributed by atoms with van der Waals surface area (Å²) in [5.74, 6) is 0. The van der Waals surface area contributed by atoms with E-state index in [4.69, 9.17) is 46.4 Å². The van der Waals surface area contributed by atoms with Crippen LogP contribution in [0.5, 0.6) is 0 Å². The summed E-state index contributed by atoms with van der Waals surface area (Å²) in [6.45, 7) is 4.23. The molecule has 2 aromatic carbocycles. The second kappa shape index (κ2) is 5.04. The van der Waals surface area contributed by atoms with Crippen molar-refractivity contribution in [2.75, 3.05) is 0 Å². The van der Waals surface area contributed by atoms with Gasteiger partial charge in [-0.15, -0.1) is 0 Å². The molecule has 0 saturated carbocycles. The van der Waals surface area contributed by atoms with Crippen molar-refractivity contribution in [3.8, 4) is 0 Å². The van der Waals surface area contributed by atoms with Crippen molar-refractivity contribution >= 4 is 46.4 Å². The maximum Gasteiger partial charge on any atom is 0.0638 e. The molecule has 0 aliphatic carbocycles. The molecule has 1 nitrogen and oxygen atoms in total. The van der Waals surface area contributed by atoms with Crippen molar-refractivity contribution in [3.63, 3.8) is 0 Å². The molecule has 1 N–H and O–H groups in total. The summed E-state index contributed by atoms with van der Waals surface area (Å²) in [4.78, 5) is 0. The molecular weight excluding hydrogens is 348 g/mol. The van der Waals surface area contributed by atoms with Crippen LogP contribution in [0.25, 0.3) is 0 Å². The molecule has 2 unspecified atom stereocenters. The molecule has 1 fully saturated rings. The van der Waals surface area contributed by atoms with Crippen LogP contribution >= 0.6 is 46.4 Å². The summed E-state index contributed by atoms with van der Waals surface area (Å²) in [5.41, 5.74) is 1.54. The van der Waals surface area contributed by atoms with E-state index in [0.29, 0.717) is 20.1 Å². The summed E-state index contributed by atoms with van der Waals surface area (Å²) in [6, 6.07) is 11.2. The Morgan fingerprint density at radius 1 is 0.619 bits per heavy atom. The molecule has 5 heteroatoms. The fourth-order valence-corrected chi connectivity index (χ4v) is 3.93. The Hall–Kier alpha value is -0.440. The zero-order chi connectivity index (χ0) is 15.4. The van der Waals surface area contributed by atoms with Crippen LogP contribution in [0.1, 0.15) is 25.0 Å². The summed E-state index contributed by atoms with van der Waals surface area (Å²) >= 11 is 24.5. The van der Waals surface area contributed by atoms with E-state index >= 15 is 0 Å². The summed E-state index contributed by atoms with van der Waals surface area (Å²) < 4.78 is 0. The van der Waals surface area contributed by atoms with Gasteiger partial charge in [0.1, 0.15) is 0 Å². The highest BCUT2D eigenvalue weighted by molar-refractivity contribution is 6.35. The molecule has 3 rings (SSSR count). The van der Waals surface area contributed by atoms with Gasteiger partial charge in [0.05, 0.1) is 11.1 Å². The molecule has 0 bridgehead atoms. The van der Waals surface area contributed by atoms with E-state index in [1.54, 1.807) is 12.1 Å². The van der Waals surface area contributed by atoms with Crippen molar-refractivity contribution in [2.24, 2.45) is 0 Å². The zero-order valence-electron chi connectivity index (χ0n) is 11.5. The standard InChI is InChI=1S/C16H13Cl4N/c1-15(9-3-11(17)7-12(18)4-9)16(2,21-15)10-5-13(19)8-14(20)6-10/h3-8,21H,1-2H3. The Kier molecular flexibility index (Phi) is 3.71. The Morgan fingerprint density at radius 2 is 0.905 bits per heavy atom. The smallest absolute Gasteiger partial charge is 0.0638 e. The molecule has 2 atom stereocenters. The first-order valence-electron chi connectivity index (χ1n) is 6.47. The first-order chi connectivity index (χ1) is 9.74. The molecule has 1 saturated heterocycles. The van der Waals surface area contributed by atoms with Crippen LogP contribution in [0.15, 0.2) is 36.4 Å². The summed E-state index contributed by atoms with van der Waals surface area (Å²) in [6.07, 6.45) is 0. The van der Waals surface area contributed by atoms with Crippen molar-refractivity contribution in [1.29, 1.82) is 0 Å². The van der Waals surface area contributed by atoms with Gasteiger partial charge in [-0.3, -0.25) is 5.32 Å². The minimum atomic E-state index is -0.268. The van der Waals surface area contributed by atoms with Gasteiger partial charge in [-0.25, -0.2) is 0 Å². The second-order valence-corrected chi connectivity index (χ2v) is 7.44. The molecule has 1 heterocycles. The molecular formula is C16H13Cl4N. The average Bonchev–Trinajstić information content (AvgIpc) is 2.93. The van der Waals surface area contributed by atoms with E-state index in [1.807, 2.05) is 24.3 Å². The minimum absolute atomic E-state index is 0.268. The van der Waals surface area contributed by atoms with Gasteiger partial charge in [-0.1, -0.05) is 46.4 Å². The monoisotopic (exact) mass is 359 g/mol.